The first-order valence-electron chi connectivity index (χ1n) is 7.15. The van der Waals surface area contributed by atoms with Gasteiger partial charge in [0.2, 0.25) is 0 Å². The number of hydrogen-bond acceptors (Lipinski definition) is 3. The standard InChI is InChI=1S/C16H11ClF3N3O2S/c17-11-1-6-15(14(9-11)16(18,19)20)26(24,25)22-12-2-4-13(5-3-12)23-8-7-21-10-23/h1-10,22H. The predicted octanol–water partition coefficient (Wildman–Crippen LogP) is 4.35. The summed E-state index contributed by atoms with van der Waals surface area (Å²) >= 11 is 5.58. The number of alkyl halides is 3. The molecule has 0 aliphatic heterocycles. The second kappa shape index (κ2) is 6.65. The van der Waals surface area contributed by atoms with E-state index in [2.05, 4.69) is 9.71 Å². The zero-order valence-corrected chi connectivity index (χ0v) is 14.5. The van der Waals surface area contributed by atoms with Crippen LogP contribution in [-0.2, 0) is 16.2 Å². The van der Waals surface area contributed by atoms with Crippen molar-refractivity contribution in [3.63, 3.8) is 0 Å². The maximum absolute atomic E-state index is 13.1. The molecule has 0 aliphatic carbocycles. The first-order chi connectivity index (χ1) is 12.2. The maximum atomic E-state index is 13.1. The highest BCUT2D eigenvalue weighted by Crippen LogP contribution is 2.36. The maximum Gasteiger partial charge on any atom is 0.417 e. The van der Waals surface area contributed by atoms with Gasteiger partial charge in [0.15, 0.2) is 0 Å². The van der Waals surface area contributed by atoms with Gasteiger partial charge < -0.3 is 4.57 Å². The van der Waals surface area contributed by atoms with E-state index in [0.29, 0.717) is 11.8 Å². The van der Waals surface area contributed by atoms with Crippen LogP contribution in [0.1, 0.15) is 5.56 Å². The fraction of sp³-hybridized carbons (Fsp3) is 0.0625. The number of rotatable bonds is 4. The van der Waals surface area contributed by atoms with Crippen molar-refractivity contribution in [2.45, 2.75) is 11.1 Å². The molecule has 136 valence electrons. The summed E-state index contributed by atoms with van der Waals surface area (Å²) in [4.78, 5) is 3.00. The molecule has 3 aromatic rings. The van der Waals surface area contributed by atoms with Gasteiger partial charge in [-0.2, -0.15) is 13.2 Å². The lowest BCUT2D eigenvalue weighted by Crippen LogP contribution is -2.19. The molecule has 0 bridgehead atoms. The van der Waals surface area contributed by atoms with Gasteiger partial charge in [0.1, 0.15) is 0 Å². The van der Waals surface area contributed by atoms with Gasteiger partial charge >= 0.3 is 6.18 Å². The minimum atomic E-state index is -4.86. The summed E-state index contributed by atoms with van der Waals surface area (Å²) in [5.74, 6) is 0. The molecule has 1 N–H and O–H groups in total. The fourth-order valence-corrected chi connectivity index (χ4v) is 3.72. The van der Waals surface area contributed by atoms with Crippen LogP contribution >= 0.6 is 11.6 Å². The first kappa shape index (κ1) is 18.3. The average molecular weight is 402 g/mol. The molecule has 10 heteroatoms. The Bertz CT molecular complexity index is 1020. The highest BCUT2D eigenvalue weighted by atomic mass is 35.5. The minimum Gasteiger partial charge on any atom is -0.306 e. The third-order valence-electron chi connectivity index (χ3n) is 3.46. The number of halogens is 4. The van der Waals surface area contributed by atoms with Crippen LogP contribution in [0.3, 0.4) is 0 Å². The van der Waals surface area contributed by atoms with Gasteiger partial charge in [0, 0.05) is 28.8 Å². The smallest absolute Gasteiger partial charge is 0.306 e. The second-order valence-corrected chi connectivity index (χ2v) is 7.35. The van der Waals surface area contributed by atoms with Gasteiger partial charge in [-0.3, -0.25) is 4.72 Å². The lowest BCUT2D eigenvalue weighted by atomic mass is 10.2. The summed E-state index contributed by atoms with van der Waals surface area (Å²) in [7, 11) is -4.46. The van der Waals surface area contributed by atoms with Crippen molar-refractivity contribution in [1.29, 1.82) is 0 Å². The molecule has 1 heterocycles. The van der Waals surface area contributed by atoms with E-state index in [1.54, 1.807) is 35.4 Å². The summed E-state index contributed by atoms with van der Waals surface area (Å²) in [6.07, 6.45) is -0.0267. The van der Waals surface area contributed by atoms with Crippen molar-refractivity contribution in [2.24, 2.45) is 0 Å². The number of nitrogens with zero attached hydrogens (tertiary/aromatic N) is 2. The Labute approximate surface area is 152 Å². The summed E-state index contributed by atoms with van der Waals surface area (Å²) in [6, 6.07) is 8.59. The van der Waals surface area contributed by atoms with Crippen LogP contribution in [-0.4, -0.2) is 18.0 Å². The van der Waals surface area contributed by atoms with Crippen molar-refractivity contribution >= 4 is 27.3 Å². The van der Waals surface area contributed by atoms with Crippen molar-refractivity contribution in [3.8, 4) is 5.69 Å². The molecule has 1 aromatic heterocycles. The Morgan fingerprint density at radius 1 is 1.08 bits per heavy atom. The van der Waals surface area contributed by atoms with E-state index < -0.39 is 26.7 Å². The van der Waals surface area contributed by atoms with E-state index in [9.17, 15) is 21.6 Å². The third-order valence-corrected chi connectivity index (χ3v) is 5.13. The molecular formula is C16H11ClF3N3O2S. The van der Waals surface area contributed by atoms with Crippen LogP contribution in [0.5, 0.6) is 0 Å². The molecule has 0 radical (unpaired) electrons. The van der Waals surface area contributed by atoms with E-state index in [0.717, 1.165) is 12.1 Å². The first-order valence-corrected chi connectivity index (χ1v) is 9.01. The van der Waals surface area contributed by atoms with Crippen LogP contribution in [0.25, 0.3) is 5.69 Å². The van der Waals surface area contributed by atoms with Gasteiger partial charge in [-0.1, -0.05) is 11.6 Å². The average Bonchev–Trinajstić information content (AvgIpc) is 3.08. The lowest BCUT2D eigenvalue weighted by Gasteiger charge is -2.15. The predicted molar refractivity (Wildman–Crippen MR) is 90.8 cm³/mol. The molecule has 0 saturated heterocycles. The number of benzene rings is 2. The van der Waals surface area contributed by atoms with Gasteiger partial charge in [-0.15, -0.1) is 0 Å². The van der Waals surface area contributed by atoms with E-state index in [4.69, 9.17) is 11.6 Å². The quantitative estimate of drug-likeness (QED) is 0.707. The van der Waals surface area contributed by atoms with Crippen LogP contribution in [0.2, 0.25) is 5.02 Å². The molecule has 2 aromatic carbocycles. The van der Waals surface area contributed by atoms with E-state index >= 15 is 0 Å². The van der Waals surface area contributed by atoms with Crippen LogP contribution in [0, 0.1) is 0 Å². The van der Waals surface area contributed by atoms with Gasteiger partial charge in [0.05, 0.1) is 16.8 Å². The number of nitrogens with one attached hydrogen (secondary N) is 1. The van der Waals surface area contributed by atoms with E-state index in [1.807, 2.05) is 0 Å². The Morgan fingerprint density at radius 3 is 2.35 bits per heavy atom. The SMILES string of the molecule is O=S(=O)(Nc1ccc(-n2ccnc2)cc1)c1ccc(Cl)cc1C(F)(F)F. The molecule has 0 amide bonds. The van der Waals surface area contributed by atoms with E-state index in [-0.39, 0.29) is 10.7 Å². The zero-order valence-electron chi connectivity index (χ0n) is 12.9. The number of anilines is 1. The molecule has 5 nitrogen and oxygen atoms in total. The summed E-state index contributed by atoms with van der Waals surface area (Å²) in [5, 5.41) is -0.207. The number of aromatic nitrogens is 2. The largest absolute Gasteiger partial charge is 0.417 e. The Kier molecular flexibility index (Phi) is 4.68. The monoisotopic (exact) mass is 401 g/mol. The summed E-state index contributed by atoms with van der Waals surface area (Å²) in [5.41, 5.74) is -0.489. The molecule has 26 heavy (non-hydrogen) atoms. The molecule has 0 unspecified atom stereocenters. The van der Waals surface area contributed by atoms with Crippen LogP contribution < -0.4 is 4.72 Å². The third kappa shape index (κ3) is 3.83. The van der Waals surface area contributed by atoms with Crippen LogP contribution in [0.15, 0.2) is 66.1 Å². The minimum absolute atomic E-state index is 0.122. The molecule has 0 atom stereocenters. The van der Waals surface area contributed by atoms with Crippen molar-refractivity contribution in [1.82, 2.24) is 9.55 Å². The summed E-state index contributed by atoms with van der Waals surface area (Å²) < 4.78 is 68.1. The van der Waals surface area contributed by atoms with Gasteiger partial charge in [-0.25, -0.2) is 13.4 Å². The molecule has 0 saturated carbocycles. The summed E-state index contributed by atoms with van der Waals surface area (Å²) in [6.45, 7) is 0. The van der Waals surface area contributed by atoms with Gasteiger partial charge in [-0.05, 0) is 42.5 Å². The normalized spacial score (nSPS) is 12.2. The fourth-order valence-electron chi connectivity index (χ4n) is 2.28. The van der Waals surface area contributed by atoms with Gasteiger partial charge in [0.25, 0.3) is 10.0 Å². The lowest BCUT2D eigenvalue weighted by molar-refractivity contribution is -0.139. The van der Waals surface area contributed by atoms with Crippen molar-refractivity contribution in [3.05, 3.63) is 71.8 Å². The van der Waals surface area contributed by atoms with Crippen LogP contribution in [0.4, 0.5) is 18.9 Å². The second-order valence-electron chi connectivity index (χ2n) is 5.26. The number of sulfonamides is 1. The topological polar surface area (TPSA) is 64.0 Å². The molecule has 0 spiro atoms. The number of hydrogen-bond donors (Lipinski definition) is 1. The Balaban J connectivity index is 1.93. The molecule has 0 fully saturated rings. The highest BCUT2D eigenvalue weighted by Gasteiger charge is 2.37. The molecule has 3 rings (SSSR count). The molecule has 0 aliphatic rings. The highest BCUT2D eigenvalue weighted by molar-refractivity contribution is 7.92. The Morgan fingerprint density at radius 2 is 1.77 bits per heavy atom. The van der Waals surface area contributed by atoms with E-state index in [1.165, 1.54) is 12.1 Å². The van der Waals surface area contributed by atoms with Crippen molar-refractivity contribution in [2.75, 3.05) is 4.72 Å². The Hall–Kier alpha value is -2.52. The zero-order chi connectivity index (χ0) is 18.9. The molecular weight excluding hydrogens is 391 g/mol. The van der Waals surface area contributed by atoms with Crippen molar-refractivity contribution < 1.29 is 21.6 Å². The number of imidazole rings is 1.